The molecule has 2 fully saturated rings. The van der Waals surface area contributed by atoms with E-state index in [1.165, 1.54) is 0 Å². The van der Waals surface area contributed by atoms with Crippen molar-refractivity contribution in [1.82, 2.24) is 20.6 Å². The summed E-state index contributed by atoms with van der Waals surface area (Å²) in [5.41, 5.74) is 2.71. The Hall–Kier alpha value is -4.09. The lowest BCUT2D eigenvalue weighted by atomic mass is 9.92. The number of piperazine rings is 1. The zero-order valence-electron chi connectivity index (χ0n) is 21.3. The molecule has 1 saturated carbocycles. The molecule has 3 atom stereocenters. The van der Waals surface area contributed by atoms with Crippen LogP contribution in [0.3, 0.4) is 0 Å². The number of anilines is 1. The topological polar surface area (TPSA) is 140 Å². The number of rotatable bonds is 6. The summed E-state index contributed by atoms with van der Waals surface area (Å²) in [6.07, 6.45) is 6.31. The fourth-order valence-corrected chi connectivity index (χ4v) is 4.79. The molecule has 2 aliphatic carbocycles. The van der Waals surface area contributed by atoms with E-state index >= 15 is 0 Å². The summed E-state index contributed by atoms with van der Waals surface area (Å²) in [5.74, 6) is -1.22. The van der Waals surface area contributed by atoms with E-state index in [9.17, 15) is 14.3 Å². The number of hydrogen-bond donors (Lipinski definition) is 5. The quantitative estimate of drug-likeness (QED) is 0.388. The summed E-state index contributed by atoms with van der Waals surface area (Å²) in [4.78, 5) is 24.6. The number of aliphatic hydroxyl groups excluding tert-OH is 1. The minimum atomic E-state index is -0.735. The first kappa shape index (κ1) is 25.6. The zero-order valence-corrected chi connectivity index (χ0v) is 21.3. The van der Waals surface area contributed by atoms with Crippen molar-refractivity contribution in [2.45, 2.75) is 38.0 Å². The number of aromatic nitrogens is 2. The molecule has 0 spiro atoms. The molecule has 6 N–H and O–H groups in total. The number of hydrogen-bond acceptors (Lipinski definition) is 8. The highest BCUT2D eigenvalue weighted by atomic mass is 19.1. The lowest BCUT2D eigenvalue weighted by molar-refractivity contribution is -0.556. The van der Waals surface area contributed by atoms with E-state index in [1.54, 1.807) is 36.9 Å². The molecule has 0 bridgehead atoms. The van der Waals surface area contributed by atoms with E-state index in [-0.39, 0.29) is 35.1 Å². The lowest BCUT2D eigenvalue weighted by Crippen LogP contribution is -2.73. The maximum absolute atomic E-state index is 14.4. The SMILES string of the molecule is C=C1CN(c2ccc(C(=O)NC3=C/C(=C/[NH2+]C)C(=N)C(F)=C3)c3nc(OC4CCC4O)ncc23)C[C@H](C)N1. The summed E-state index contributed by atoms with van der Waals surface area (Å²) < 4.78 is 20.2. The van der Waals surface area contributed by atoms with Gasteiger partial charge in [0.05, 0.1) is 36.3 Å². The van der Waals surface area contributed by atoms with E-state index in [4.69, 9.17) is 10.1 Å². The largest absolute Gasteiger partial charge is 0.457 e. The van der Waals surface area contributed by atoms with Crippen LogP contribution in [0.15, 0.2) is 66.1 Å². The minimum absolute atomic E-state index is 0.0745. The molecule has 198 valence electrons. The number of nitrogens with zero attached hydrogens (tertiary/aromatic N) is 3. The van der Waals surface area contributed by atoms with Crippen molar-refractivity contribution in [3.05, 3.63) is 71.6 Å². The Labute approximate surface area is 219 Å². The molecule has 5 rings (SSSR count). The summed E-state index contributed by atoms with van der Waals surface area (Å²) in [7, 11) is 1.77. The van der Waals surface area contributed by atoms with Crippen LogP contribution in [0.1, 0.15) is 30.1 Å². The third-order valence-corrected chi connectivity index (χ3v) is 6.78. The van der Waals surface area contributed by atoms with Gasteiger partial charge in [-0.15, -0.1) is 0 Å². The molecule has 0 radical (unpaired) electrons. The van der Waals surface area contributed by atoms with Gasteiger partial charge in [-0.1, -0.05) is 6.58 Å². The number of fused-ring (bicyclic) bond motifs is 1. The fourth-order valence-electron chi connectivity index (χ4n) is 4.79. The summed E-state index contributed by atoms with van der Waals surface area (Å²) in [6, 6.07) is 3.78. The van der Waals surface area contributed by atoms with Crippen LogP contribution in [-0.2, 0) is 0 Å². The molecule has 10 nitrogen and oxygen atoms in total. The van der Waals surface area contributed by atoms with E-state index < -0.39 is 17.8 Å². The van der Waals surface area contributed by atoms with E-state index in [2.05, 4.69) is 39.0 Å². The molecular formula is C27H31FN7O3+. The van der Waals surface area contributed by atoms with Crippen LogP contribution in [-0.4, -0.2) is 65.1 Å². The van der Waals surface area contributed by atoms with Gasteiger partial charge in [-0.3, -0.25) is 10.2 Å². The van der Waals surface area contributed by atoms with E-state index in [0.29, 0.717) is 35.9 Å². The van der Waals surface area contributed by atoms with Crippen LogP contribution in [0.25, 0.3) is 10.9 Å². The van der Waals surface area contributed by atoms with Gasteiger partial charge in [-0.05, 0) is 44.1 Å². The second-order valence-corrected chi connectivity index (χ2v) is 9.75. The van der Waals surface area contributed by atoms with Crippen LogP contribution in [0, 0.1) is 5.41 Å². The van der Waals surface area contributed by atoms with Crippen LogP contribution in [0.5, 0.6) is 6.01 Å². The Kier molecular flexibility index (Phi) is 6.96. The van der Waals surface area contributed by atoms with Gasteiger partial charge in [0.1, 0.15) is 18.0 Å². The highest BCUT2D eigenvalue weighted by Crippen LogP contribution is 2.32. The Morgan fingerprint density at radius 1 is 1.39 bits per heavy atom. The molecule has 2 aromatic rings. The Morgan fingerprint density at radius 3 is 2.89 bits per heavy atom. The van der Waals surface area contributed by atoms with Gasteiger partial charge in [-0.25, -0.2) is 9.37 Å². The Bertz CT molecular complexity index is 1420. The number of halogens is 1. The molecule has 2 heterocycles. The lowest BCUT2D eigenvalue weighted by Gasteiger charge is -2.36. The number of nitrogens with one attached hydrogen (secondary N) is 3. The van der Waals surface area contributed by atoms with Crippen LogP contribution in [0.4, 0.5) is 10.1 Å². The maximum atomic E-state index is 14.4. The number of carbonyl (C=O) groups excluding carboxylic acids is 1. The standard InChI is InChI=1S/C27H30FN7O3/c1-14-12-35(13-15(2)32-14)21-5-4-18(25-19(21)11-31-27(34-25)38-23-7-6-22(23)36)26(37)33-17-8-16(10-30-3)24(29)20(28)9-17/h4-5,8-11,15,22-23,29-30,32,36H,1,6-7,12-13H2,2-3H3,(H,33,37)/p+1/b16-10-,29-24?/t15-,22?,23?/m0/s1. The normalized spacial score (nSPS) is 24.5. The van der Waals surface area contributed by atoms with Crippen molar-refractivity contribution in [2.75, 3.05) is 25.0 Å². The molecule has 3 aliphatic rings. The number of benzene rings is 1. The Balaban J connectivity index is 1.53. The molecular weight excluding hydrogens is 489 g/mol. The number of nitrogens with two attached hydrogens (primary N) is 1. The number of ether oxygens (including phenoxy) is 1. The van der Waals surface area contributed by atoms with Gasteiger partial charge < -0.3 is 30.7 Å². The molecule has 2 unspecified atom stereocenters. The van der Waals surface area contributed by atoms with Crippen molar-refractivity contribution in [1.29, 1.82) is 5.41 Å². The van der Waals surface area contributed by atoms with Crippen LogP contribution in [0.2, 0.25) is 0 Å². The van der Waals surface area contributed by atoms with Crippen molar-refractivity contribution >= 4 is 28.2 Å². The number of allylic oxidation sites excluding steroid dienone is 4. The number of quaternary nitrogens is 1. The van der Waals surface area contributed by atoms with Gasteiger partial charge in [0.15, 0.2) is 5.83 Å². The van der Waals surface area contributed by atoms with Crippen LogP contribution < -0.4 is 25.6 Å². The molecule has 1 amide bonds. The third-order valence-electron chi connectivity index (χ3n) is 6.78. The molecule has 1 aromatic carbocycles. The van der Waals surface area contributed by atoms with Gasteiger partial charge in [0.2, 0.25) is 0 Å². The summed E-state index contributed by atoms with van der Waals surface area (Å²) in [5, 5.41) is 26.3. The van der Waals surface area contributed by atoms with E-state index in [1.807, 2.05) is 6.07 Å². The van der Waals surface area contributed by atoms with Gasteiger partial charge in [0.25, 0.3) is 5.91 Å². The average Bonchev–Trinajstić information content (AvgIpc) is 2.88. The van der Waals surface area contributed by atoms with Crippen LogP contribution >= 0.6 is 0 Å². The van der Waals surface area contributed by atoms with Crippen molar-refractivity contribution in [3.63, 3.8) is 0 Å². The first-order chi connectivity index (χ1) is 18.2. The minimum Gasteiger partial charge on any atom is -0.457 e. The molecule has 1 aliphatic heterocycles. The predicted octanol–water partition coefficient (Wildman–Crippen LogP) is 1.42. The molecule has 1 saturated heterocycles. The smallest absolute Gasteiger partial charge is 0.317 e. The van der Waals surface area contributed by atoms with Crippen molar-refractivity contribution in [2.24, 2.45) is 0 Å². The fraction of sp³-hybridized carbons (Fsp3) is 0.333. The maximum Gasteiger partial charge on any atom is 0.317 e. The zero-order chi connectivity index (χ0) is 27.0. The number of carbonyl (C=O) groups is 1. The number of aliphatic hydroxyl groups is 1. The molecule has 11 heteroatoms. The summed E-state index contributed by atoms with van der Waals surface area (Å²) in [6.45, 7) is 7.45. The third kappa shape index (κ3) is 5.02. The second kappa shape index (κ2) is 10.3. The predicted molar refractivity (Wildman–Crippen MR) is 142 cm³/mol. The first-order valence-electron chi connectivity index (χ1n) is 12.6. The molecule has 38 heavy (non-hydrogen) atoms. The first-order valence-corrected chi connectivity index (χ1v) is 12.6. The molecule has 1 aromatic heterocycles. The monoisotopic (exact) mass is 520 g/mol. The number of amides is 1. The Morgan fingerprint density at radius 2 is 2.21 bits per heavy atom. The highest BCUT2D eigenvalue weighted by Gasteiger charge is 2.32. The van der Waals surface area contributed by atoms with Crippen molar-refractivity contribution in [3.8, 4) is 6.01 Å². The highest BCUT2D eigenvalue weighted by molar-refractivity contribution is 6.13. The summed E-state index contributed by atoms with van der Waals surface area (Å²) >= 11 is 0. The van der Waals surface area contributed by atoms with Gasteiger partial charge >= 0.3 is 6.01 Å². The van der Waals surface area contributed by atoms with Gasteiger partial charge in [0, 0.05) is 41.3 Å². The van der Waals surface area contributed by atoms with Crippen molar-refractivity contribution < 1.29 is 24.3 Å². The second-order valence-electron chi connectivity index (χ2n) is 9.75. The van der Waals surface area contributed by atoms with E-state index in [0.717, 1.165) is 24.0 Å². The van der Waals surface area contributed by atoms with Gasteiger partial charge in [-0.2, -0.15) is 4.98 Å². The average molecular weight is 521 g/mol.